The maximum Gasteiger partial charge on any atom is 0.225 e. The van der Waals surface area contributed by atoms with E-state index in [0.717, 1.165) is 31.6 Å². The Balaban J connectivity index is 2.37. The average molecular weight is 271 g/mol. The van der Waals surface area contributed by atoms with Crippen LogP contribution in [-0.4, -0.2) is 47.3 Å². The van der Waals surface area contributed by atoms with Crippen molar-refractivity contribution >= 4 is 5.91 Å². The van der Waals surface area contributed by atoms with Crippen molar-refractivity contribution in [1.82, 2.24) is 4.90 Å². The van der Waals surface area contributed by atoms with Gasteiger partial charge in [0.05, 0.1) is 13.2 Å². The lowest BCUT2D eigenvalue weighted by Crippen LogP contribution is -2.41. The van der Waals surface area contributed by atoms with E-state index in [2.05, 4.69) is 6.92 Å². The molecule has 1 amide bonds. The quantitative estimate of drug-likeness (QED) is 0.707. The molecule has 0 radical (unpaired) electrons. The van der Waals surface area contributed by atoms with Gasteiger partial charge in [-0.2, -0.15) is 0 Å². The van der Waals surface area contributed by atoms with E-state index in [1.54, 1.807) is 4.90 Å². The predicted molar refractivity (Wildman–Crippen MR) is 75.7 cm³/mol. The topological polar surface area (TPSA) is 60.8 Å². The summed E-state index contributed by atoms with van der Waals surface area (Å²) in [5, 5.41) is 17.9. The van der Waals surface area contributed by atoms with Crippen molar-refractivity contribution in [3.05, 3.63) is 0 Å². The Morgan fingerprint density at radius 2 is 1.68 bits per heavy atom. The molecule has 1 rings (SSSR count). The maximum absolute atomic E-state index is 12.3. The Kier molecular flexibility index (Phi) is 8.07. The summed E-state index contributed by atoms with van der Waals surface area (Å²) in [4.78, 5) is 13.9. The molecule has 1 aliphatic rings. The Hall–Kier alpha value is -0.610. The number of hydrogen-bond donors (Lipinski definition) is 2. The standard InChI is InChI=1S/C15H29NO3/c1-2-3-4-13-5-7-14(8-6-13)15(19)16(9-11-17)10-12-18/h13-14,17-18H,2-12H2,1H3. The molecule has 1 saturated carbocycles. The van der Waals surface area contributed by atoms with Crippen LogP contribution in [0.25, 0.3) is 0 Å². The number of aliphatic hydroxyl groups is 2. The lowest BCUT2D eigenvalue weighted by molar-refractivity contribution is -0.138. The maximum atomic E-state index is 12.3. The highest BCUT2D eigenvalue weighted by molar-refractivity contribution is 5.78. The number of carbonyl (C=O) groups excluding carboxylic acids is 1. The predicted octanol–water partition coefficient (Wildman–Crippen LogP) is 1.80. The Morgan fingerprint density at radius 3 is 2.16 bits per heavy atom. The van der Waals surface area contributed by atoms with Crippen LogP contribution in [0.5, 0.6) is 0 Å². The van der Waals surface area contributed by atoms with Gasteiger partial charge in [0.2, 0.25) is 5.91 Å². The van der Waals surface area contributed by atoms with Gasteiger partial charge in [0.1, 0.15) is 0 Å². The second-order valence-electron chi connectivity index (χ2n) is 5.63. The molecule has 0 saturated heterocycles. The van der Waals surface area contributed by atoms with Crippen LogP contribution in [0.15, 0.2) is 0 Å². The van der Waals surface area contributed by atoms with Gasteiger partial charge in [0, 0.05) is 19.0 Å². The van der Waals surface area contributed by atoms with E-state index in [-0.39, 0.29) is 25.0 Å². The molecule has 1 fully saturated rings. The van der Waals surface area contributed by atoms with E-state index in [1.807, 2.05) is 0 Å². The van der Waals surface area contributed by atoms with E-state index in [1.165, 1.54) is 19.3 Å². The molecular formula is C15H29NO3. The zero-order chi connectivity index (χ0) is 14.1. The molecule has 4 heteroatoms. The third kappa shape index (κ3) is 5.49. The molecule has 0 aromatic carbocycles. The fourth-order valence-electron chi connectivity index (χ4n) is 3.02. The van der Waals surface area contributed by atoms with Crippen molar-refractivity contribution in [2.24, 2.45) is 11.8 Å². The summed E-state index contributed by atoms with van der Waals surface area (Å²) in [6.45, 7) is 2.84. The second-order valence-corrected chi connectivity index (χ2v) is 5.63. The van der Waals surface area contributed by atoms with Crippen LogP contribution in [0, 0.1) is 11.8 Å². The van der Waals surface area contributed by atoms with Gasteiger partial charge < -0.3 is 15.1 Å². The van der Waals surface area contributed by atoms with E-state index in [9.17, 15) is 4.79 Å². The molecule has 0 atom stereocenters. The molecule has 1 aliphatic carbocycles. The zero-order valence-electron chi connectivity index (χ0n) is 12.2. The third-order valence-corrected chi connectivity index (χ3v) is 4.21. The van der Waals surface area contributed by atoms with E-state index >= 15 is 0 Å². The largest absolute Gasteiger partial charge is 0.395 e. The highest BCUT2D eigenvalue weighted by Gasteiger charge is 2.28. The van der Waals surface area contributed by atoms with E-state index < -0.39 is 0 Å². The normalized spacial score (nSPS) is 23.3. The molecule has 2 N–H and O–H groups in total. The fraction of sp³-hybridized carbons (Fsp3) is 0.933. The van der Waals surface area contributed by atoms with Crippen molar-refractivity contribution in [2.75, 3.05) is 26.3 Å². The Labute approximate surface area is 116 Å². The van der Waals surface area contributed by atoms with Crippen molar-refractivity contribution < 1.29 is 15.0 Å². The number of unbranched alkanes of at least 4 members (excludes halogenated alkanes) is 1. The summed E-state index contributed by atoms with van der Waals surface area (Å²) in [7, 11) is 0. The smallest absolute Gasteiger partial charge is 0.225 e. The second kappa shape index (κ2) is 9.32. The van der Waals surface area contributed by atoms with Gasteiger partial charge in [0.25, 0.3) is 0 Å². The van der Waals surface area contributed by atoms with Gasteiger partial charge in [0.15, 0.2) is 0 Å². The molecule has 4 nitrogen and oxygen atoms in total. The van der Waals surface area contributed by atoms with Crippen LogP contribution in [0.4, 0.5) is 0 Å². The first-order chi connectivity index (χ1) is 9.22. The van der Waals surface area contributed by atoms with Crippen molar-refractivity contribution in [3.8, 4) is 0 Å². The summed E-state index contributed by atoms with van der Waals surface area (Å²) in [5.74, 6) is 1.03. The first kappa shape index (κ1) is 16.4. The van der Waals surface area contributed by atoms with Crippen LogP contribution >= 0.6 is 0 Å². The fourth-order valence-corrected chi connectivity index (χ4v) is 3.02. The highest BCUT2D eigenvalue weighted by Crippen LogP contribution is 2.32. The van der Waals surface area contributed by atoms with Gasteiger partial charge >= 0.3 is 0 Å². The summed E-state index contributed by atoms with van der Waals surface area (Å²) >= 11 is 0. The van der Waals surface area contributed by atoms with Gasteiger partial charge in [-0.05, 0) is 31.6 Å². The monoisotopic (exact) mass is 271 g/mol. The molecule has 0 aromatic rings. The number of rotatable bonds is 8. The van der Waals surface area contributed by atoms with Gasteiger partial charge in [-0.15, -0.1) is 0 Å². The summed E-state index contributed by atoms with van der Waals surface area (Å²) in [6.07, 6.45) is 8.10. The minimum atomic E-state index is -0.0302. The lowest BCUT2D eigenvalue weighted by atomic mass is 9.79. The lowest BCUT2D eigenvalue weighted by Gasteiger charge is -2.31. The average Bonchev–Trinajstić information content (AvgIpc) is 2.44. The SMILES string of the molecule is CCCCC1CCC(C(=O)N(CCO)CCO)CC1. The number of carbonyl (C=O) groups is 1. The molecule has 0 aliphatic heterocycles. The van der Waals surface area contributed by atoms with E-state index in [4.69, 9.17) is 10.2 Å². The Bertz CT molecular complexity index is 244. The molecule has 0 unspecified atom stereocenters. The van der Waals surface area contributed by atoms with Crippen molar-refractivity contribution in [2.45, 2.75) is 51.9 Å². The molecule has 19 heavy (non-hydrogen) atoms. The van der Waals surface area contributed by atoms with Gasteiger partial charge in [-0.25, -0.2) is 0 Å². The number of hydrogen-bond acceptors (Lipinski definition) is 3. The first-order valence-corrected chi connectivity index (χ1v) is 7.73. The minimum Gasteiger partial charge on any atom is -0.395 e. The van der Waals surface area contributed by atoms with Gasteiger partial charge in [-0.3, -0.25) is 4.79 Å². The number of amides is 1. The molecule has 0 spiro atoms. The van der Waals surface area contributed by atoms with Crippen LogP contribution in [0.3, 0.4) is 0 Å². The molecular weight excluding hydrogens is 242 g/mol. The van der Waals surface area contributed by atoms with Crippen LogP contribution in [0.1, 0.15) is 51.9 Å². The van der Waals surface area contributed by atoms with Crippen molar-refractivity contribution in [1.29, 1.82) is 0 Å². The minimum absolute atomic E-state index is 0.0302. The number of aliphatic hydroxyl groups excluding tert-OH is 2. The molecule has 0 heterocycles. The first-order valence-electron chi connectivity index (χ1n) is 7.73. The van der Waals surface area contributed by atoms with Crippen LogP contribution in [0.2, 0.25) is 0 Å². The highest BCUT2D eigenvalue weighted by atomic mass is 16.3. The van der Waals surface area contributed by atoms with E-state index in [0.29, 0.717) is 13.1 Å². The zero-order valence-corrected chi connectivity index (χ0v) is 12.2. The molecule has 112 valence electrons. The molecule has 0 aromatic heterocycles. The summed E-state index contributed by atoms with van der Waals surface area (Å²) in [5.41, 5.74) is 0. The van der Waals surface area contributed by atoms with Crippen LogP contribution in [-0.2, 0) is 4.79 Å². The third-order valence-electron chi connectivity index (χ3n) is 4.21. The van der Waals surface area contributed by atoms with Gasteiger partial charge in [-0.1, -0.05) is 26.2 Å². The summed E-state index contributed by atoms with van der Waals surface area (Å²) in [6, 6.07) is 0. The van der Waals surface area contributed by atoms with Crippen molar-refractivity contribution in [3.63, 3.8) is 0 Å². The number of nitrogens with zero attached hydrogens (tertiary/aromatic N) is 1. The molecule has 0 bridgehead atoms. The Morgan fingerprint density at radius 1 is 1.11 bits per heavy atom. The van der Waals surface area contributed by atoms with Crippen LogP contribution < -0.4 is 0 Å². The summed E-state index contributed by atoms with van der Waals surface area (Å²) < 4.78 is 0.